The monoisotopic (exact) mass is 646 g/mol. The Labute approximate surface area is 276 Å². The maximum absolute atomic E-state index is 10.4. The van der Waals surface area contributed by atoms with E-state index in [1.807, 2.05) is 113 Å². The van der Waals surface area contributed by atoms with Gasteiger partial charge in [-0.25, -0.2) is 24.8 Å². The van der Waals surface area contributed by atoms with Gasteiger partial charge in [0.2, 0.25) is 6.08 Å². The minimum Gasteiger partial charge on any atom is -0.399 e. The third-order valence-corrected chi connectivity index (χ3v) is 10.7. The van der Waals surface area contributed by atoms with Crippen molar-refractivity contribution in [3.8, 4) is 0 Å². The van der Waals surface area contributed by atoms with Crippen LogP contribution in [0.15, 0.2) is 139 Å². The second-order valence-corrected chi connectivity index (χ2v) is 13.4. The average molecular weight is 647 g/mol. The lowest BCUT2D eigenvalue weighted by Crippen LogP contribution is -2.55. The predicted octanol–water partition coefficient (Wildman–Crippen LogP) is 6.38. The maximum Gasteiger partial charge on any atom is 0.527 e. The van der Waals surface area contributed by atoms with Crippen LogP contribution in [-0.4, -0.2) is 63.2 Å². The van der Waals surface area contributed by atoms with Crippen molar-refractivity contribution in [2.45, 2.75) is 39.8 Å². The molecule has 1 aromatic rings. The number of fused-ring (bicyclic) bond motifs is 4. The molecule has 1 aromatic carbocycles. The van der Waals surface area contributed by atoms with E-state index < -0.39 is 8.80 Å². The summed E-state index contributed by atoms with van der Waals surface area (Å²) in [5, 5.41) is 0. The van der Waals surface area contributed by atoms with E-state index in [0.717, 1.165) is 62.5 Å². The zero-order chi connectivity index (χ0) is 33.2. The van der Waals surface area contributed by atoms with E-state index in [9.17, 15) is 4.79 Å². The topological polar surface area (TPSA) is 133 Å². The Morgan fingerprint density at radius 2 is 1.17 bits per heavy atom. The molecule has 8 bridgehead atoms. The van der Waals surface area contributed by atoms with E-state index >= 15 is 0 Å². The lowest BCUT2D eigenvalue weighted by atomic mass is 10.0. The van der Waals surface area contributed by atoms with Crippen LogP contribution < -0.4 is 5.73 Å². The van der Waals surface area contributed by atoms with Crippen LogP contribution in [0.3, 0.4) is 0 Å². The largest absolute Gasteiger partial charge is 0.527 e. The quantitative estimate of drug-likeness (QED) is 0.136. The van der Waals surface area contributed by atoms with Gasteiger partial charge in [-0.2, -0.15) is 4.99 Å². The molecule has 5 aliphatic heterocycles. The van der Waals surface area contributed by atoms with Crippen molar-refractivity contribution in [3.05, 3.63) is 119 Å². The second kappa shape index (κ2) is 15.6. The molecule has 5 aliphatic rings. The number of benzene rings is 1. The van der Waals surface area contributed by atoms with Gasteiger partial charge in [0.1, 0.15) is 5.67 Å². The summed E-state index contributed by atoms with van der Waals surface area (Å²) in [6, 6.07) is 7.83. The highest BCUT2D eigenvalue weighted by Gasteiger charge is 2.49. The Bertz CT molecular complexity index is 1800. The van der Waals surface area contributed by atoms with E-state index in [1.54, 1.807) is 6.08 Å². The third-order valence-electron chi connectivity index (χ3n) is 7.30. The number of nitrogen functional groups attached to an aromatic ring is 1. The zero-order valence-electron chi connectivity index (χ0n) is 27.0. The number of nitrogens with zero attached hydrogens (tertiary/aromatic N) is 5. The van der Waals surface area contributed by atoms with Gasteiger partial charge in [0.05, 0.1) is 45.6 Å². The Morgan fingerprint density at radius 1 is 0.681 bits per heavy atom. The van der Waals surface area contributed by atoms with E-state index in [4.69, 9.17) is 34.0 Å². The first-order chi connectivity index (χ1) is 22.9. The van der Waals surface area contributed by atoms with Gasteiger partial charge in [-0.1, -0.05) is 19.1 Å². The van der Waals surface area contributed by atoms with Crippen LogP contribution in [0.25, 0.3) is 5.57 Å². The van der Waals surface area contributed by atoms with Crippen molar-refractivity contribution >= 4 is 49.0 Å². The fourth-order valence-corrected chi connectivity index (χ4v) is 8.04. The predicted molar refractivity (Wildman–Crippen MR) is 191 cm³/mol. The molecule has 0 radical (unpaired) electrons. The lowest BCUT2D eigenvalue weighted by Gasteiger charge is -2.31. The van der Waals surface area contributed by atoms with Crippen LogP contribution in [0.1, 0.15) is 39.7 Å². The van der Waals surface area contributed by atoms with Crippen molar-refractivity contribution in [1.29, 1.82) is 0 Å². The fourth-order valence-electron chi connectivity index (χ4n) is 5.29. The van der Waals surface area contributed by atoms with Crippen LogP contribution >= 0.6 is 0 Å². The molecule has 11 heteroatoms. The van der Waals surface area contributed by atoms with Gasteiger partial charge >= 0.3 is 8.80 Å². The number of anilines is 1. The zero-order valence-corrected chi connectivity index (χ0v) is 28.0. The van der Waals surface area contributed by atoms with Gasteiger partial charge in [-0.05, 0) is 112 Å². The number of aliphatic imine (C=N–C) groups is 5. The van der Waals surface area contributed by atoms with Crippen LogP contribution in [0.2, 0.25) is 0 Å². The highest BCUT2D eigenvalue weighted by molar-refractivity contribution is 6.62. The molecule has 1 atom stereocenters. The minimum atomic E-state index is -2.88. The third kappa shape index (κ3) is 8.28. The minimum absolute atomic E-state index is 0.357. The number of rotatable bonds is 10. The Morgan fingerprint density at radius 3 is 1.64 bits per heavy atom. The highest BCUT2D eigenvalue weighted by atomic mass is 28.4. The Balaban J connectivity index is 0.000000232. The first-order valence-electron chi connectivity index (χ1n) is 15.7. The smallest absolute Gasteiger partial charge is 0.399 e. The molecule has 6 rings (SSSR count). The fraction of sp³-hybridized carbons (Fsp3) is 0.250. The molecule has 0 aliphatic carbocycles. The summed E-state index contributed by atoms with van der Waals surface area (Å²) in [5.74, 6) is 0. The first kappa shape index (κ1) is 33.5. The molecule has 1 unspecified atom stereocenters. The number of allylic oxidation sites excluding steroid dienone is 12. The van der Waals surface area contributed by atoms with Gasteiger partial charge in [0, 0.05) is 31.1 Å². The molecule has 5 heterocycles. The molecule has 0 saturated heterocycles. The molecule has 0 aromatic heterocycles. The molecule has 0 saturated carbocycles. The number of hydrogen-bond acceptors (Lipinski definition) is 10. The van der Waals surface area contributed by atoms with E-state index in [2.05, 4.69) is 16.1 Å². The molecule has 2 N–H and O–H groups in total. The summed E-state index contributed by atoms with van der Waals surface area (Å²) in [6.07, 6.45) is 24.2. The standard InChI is InChI=1S/C26H17N5.C10H21NO4Si/c27-17-3-1-16(2-4-17)25-14-24-13-22-8-7-20(29-22)11-18-5-6-19(28-18)12-21-9-10-23(30-21)15-26(25)31-24;1-5-10(11-9-12)16(13-6-2,14-7-3)15-8-4/h1-15H,27H2;10H,5-8H2,1-4H3. The molecule has 240 valence electrons. The van der Waals surface area contributed by atoms with E-state index in [1.165, 1.54) is 0 Å². The summed E-state index contributed by atoms with van der Waals surface area (Å²) in [4.78, 5) is 33.1. The van der Waals surface area contributed by atoms with Gasteiger partial charge in [0.25, 0.3) is 0 Å². The first-order valence-corrected chi connectivity index (χ1v) is 17.5. The normalized spacial score (nSPS) is 18.0. The van der Waals surface area contributed by atoms with Crippen LogP contribution in [0.5, 0.6) is 0 Å². The molecule has 10 nitrogen and oxygen atoms in total. The Kier molecular flexibility index (Phi) is 11.1. The second-order valence-electron chi connectivity index (χ2n) is 10.6. The molecule has 0 fully saturated rings. The molecule has 0 spiro atoms. The lowest BCUT2D eigenvalue weighted by molar-refractivity contribution is 0.0621. The molecule has 0 amide bonds. The van der Waals surface area contributed by atoms with Crippen LogP contribution in [0, 0.1) is 0 Å². The van der Waals surface area contributed by atoms with Gasteiger partial charge in [-0.15, -0.1) is 0 Å². The van der Waals surface area contributed by atoms with Crippen molar-refractivity contribution < 1.29 is 18.1 Å². The average Bonchev–Trinajstić information content (AvgIpc) is 3.87. The highest BCUT2D eigenvalue weighted by Crippen LogP contribution is 2.29. The molecular weight excluding hydrogens is 609 g/mol. The van der Waals surface area contributed by atoms with Crippen molar-refractivity contribution in [3.63, 3.8) is 0 Å². The summed E-state index contributed by atoms with van der Waals surface area (Å²) >= 11 is 0. The van der Waals surface area contributed by atoms with Crippen molar-refractivity contribution in [2.24, 2.45) is 25.0 Å². The Hall–Kier alpha value is -4.90. The molecule has 47 heavy (non-hydrogen) atoms. The van der Waals surface area contributed by atoms with Crippen LogP contribution in [0.4, 0.5) is 5.69 Å². The maximum atomic E-state index is 10.4. The number of carbonyl (C=O) groups excluding carboxylic acids is 1. The van der Waals surface area contributed by atoms with Crippen LogP contribution in [-0.2, 0) is 18.1 Å². The van der Waals surface area contributed by atoms with Gasteiger partial charge in [-0.3, -0.25) is 0 Å². The van der Waals surface area contributed by atoms with Gasteiger partial charge in [0.15, 0.2) is 0 Å². The molecular formula is C36H38N6O4Si. The summed E-state index contributed by atoms with van der Waals surface area (Å²) < 4.78 is 16.9. The summed E-state index contributed by atoms with van der Waals surface area (Å²) in [6.45, 7) is 8.99. The SMILES string of the molecule is CCO[Si](OCC)(OCC)C(CC)N=C=O.Nc1ccc(C2=CC3=CC4=NC(=CC5=NC(=CC6=NC(=CC2=N3)C=C6)C=C5)C=C4)cc1. The summed E-state index contributed by atoms with van der Waals surface area (Å²) in [5.41, 5.74) is 15.3. The van der Waals surface area contributed by atoms with Gasteiger partial charge < -0.3 is 19.0 Å². The number of nitrogens with two attached hydrogens (primary N) is 1. The van der Waals surface area contributed by atoms with E-state index in [-0.39, 0.29) is 5.67 Å². The number of hydrogen-bond donors (Lipinski definition) is 1. The van der Waals surface area contributed by atoms with Crippen molar-refractivity contribution in [1.82, 2.24) is 0 Å². The van der Waals surface area contributed by atoms with E-state index in [0.29, 0.717) is 26.2 Å². The van der Waals surface area contributed by atoms with Crippen molar-refractivity contribution in [2.75, 3.05) is 25.6 Å². The number of isocyanates is 1. The summed E-state index contributed by atoms with van der Waals surface area (Å²) in [7, 11) is -2.88.